The number of thiazole rings is 1. The van der Waals surface area contributed by atoms with Gasteiger partial charge in [0.1, 0.15) is 11.4 Å². The summed E-state index contributed by atoms with van der Waals surface area (Å²) in [5.41, 5.74) is 3.22. The number of aromatic amines is 1. The van der Waals surface area contributed by atoms with Crippen molar-refractivity contribution < 1.29 is 9.53 Å². The van der Waals surface area contributed by atoms with Crippen LogP contribution in [-0.4, -0.2) is 40.6 Å². The Morgan fingerprint density at radius 3 is 3.03 bits per heavy atom. The van der Waals surface area contributed by atoms with E-state index in [0.29, 0.717) is 22.4 Å². The third-order valence-corrected chi connectivity index (χ3v) is 7.37. The monoisotopic (exact) mass is 509 g/mol. The summed E-state index contributed by atoms with van der Waals surface area (Å²) >= 11 is 7.74. The third kappa shape index (κ3) is 6.01. The van der Waals surface area contributed by atoms with E-state index in [4.69, 9.17) is 16.3 Å². The highest BCUT2D eigenvalue weighted by atomic mass is 35.5. The zero-order chi connectivity index (χ0) is 24.0. The quantitative estimate of drug-likeness (QED) is 0.252. The molecule has 7 nitrogen and oxygen atoms in total. The molecule has 9 heteroatoms. The van der Waals surface area contributed by atoms with E-state index in [9.17, 15) is 4.79 Å². The van der Waals surface area contributed by atoms with Gasteiger partial charge in [0, 0.05) is 28.7 Å². The summed E-state index contributed by atoms with van der Waals surface area (Å²) < 4.78 is 5.95. The van der Waals surface area contributed by atoms with Crippen LogP contribution in [0, 0.1) is 5.92 Å². The maximum absolute atomic E-state index is 12.7. The van der Waals surface area contributed by atoms with Crippen LogP contribution in [-0.2, 0) is 11.2 Å². The molecule has 1 fully saturated rings. The molecule has 4 heterocycles. The summed E-state index contributed by atoms with van der Waals surface area (Å²) in [4.78, 5) is 24.7. The van der Waals surface area contributed by atoms with E-state index in [2.05, 4.69) is 25.6 Å². The Labute approximate surface area is 213 Å². The molecule has 4 aromatic rings. The van der Waals surface area contributed by atoms with Gasteiger partial charge < -0.3 is 20.4 Å². The van der Waals surface area contributed by atoms with Gasteiger partial charge in [-0.25, -0.2) is 9.97 Å². The number of ether oxygens (including phenoxy) is 1. The maximum atomic E-state index is 12.7. The molecule has 0 spiro atoms. The Hall–Kier alpha value is -2.94. The lowest BCUT2D eigenvalue weighted by atomic mass is 9.93. The standard InChI is InChI=1S/C26H28ClN5O2S/c27-21-8-11-29-25-24(21)20(15-30-25)22-16-35-26(31-22)32-23(33)14-18-3-1-5-19(13-18)34-12-2-4-17-6-9-28-10-7-17/h1,3,5,8,11,13,15-17,28H,2,4,6-7,9-10,12,14H2,(H,29,30)(H,31,32,33). The number of carbonyl (C=O) groups is 1. The number of pyridine rings is 1. The molecule has 0 aliphatic carbocycles. The smallest absolute Gasteiger partial charge is 0.230 e. The first-order valence-corrected chi connectivity index (χ1v) is 13.2. The highest BCUT2D eigenvalue weighted by molar-refractivity contribution is 7.14. The maximum Gasteiger partial charge on any atom is 0.230 e. The van der Waals surface area contributed by atoms with Crippen LogP contribution in [0.2, 0.25) is 5.02 Å². The second-order valence-corrected chi connectivity index (χ2v) is 10.1. The summed E-state index contributed by atoms with van der Waals surface area (Å²) in [5, 5.41) is 10.2. The van der Waals surface area contributed by atoms with E-state index in [0.717, 1.165) is 53.4 Å². The van der Waals surface area contributed by atoms with Gasteiger partial charge in [-0.2, -0.15) is 0 Å². The molecule has 3 N–H and O–H groups in total. The van der Waals surface area contributed by atoms with Gasteiger partial charge in [-0.15, -0.1) is 11.3 Å². The third-order valence-electron chi connectivity index (χ3n) is 6.30. The summed E-state index contributed by atoms with van der Waals surface area (Å²) in [7, 11) is 0. The number of carbonyl (C=O) groups excluding carboxylic acids is 1. The topological polar surface area (TPSA) is 91.9 Å². The number of piperidine rings is 1. The van der Waals surface area contributed by atoms with Crippen molar-refractivity contribution in [3.8, 4) is 17.0 Å². The number of rotatable bonds is 9. The number of amides is 1. The number of benzene rings is 1. The van der Waals surface area contributed by atoms with Crippen LogP contribution in [0.3, 0.4) is 0 Å². The van der Waals surface area contributed by atoms with Gasteiger partial charge in [0.15, 0.2) is 5.13 Å². The van der Waals surface area contributed by atoms with Gasteiger partial charge in [0.2, 0.25) is 5.91 Å². The summed E-state index contributed by atoms with van der Waals surface area (Å²) in [6.07, 6.45) is 8.54. The predicted octanol–water partition coefficient (Wildman–Crippen LogP) is 5.68. The molecule has 35 heavy (non-hydrogen) atoms. The molecule has 0 radical (unpaired) electrons. The van der Waals surface area contributed by atoms with Crippen LogP contribution < -0.4 is 15.4 Å². The zero-order valence-corrected chi connectivity index (χ0v) is 20.9. The minimum atomic E-state index is -0.118. The number of fused-ring (bicyclic) bond motifs is 1. The first kappa shape index (κ1) is 23.8. The number of nitrogens with zero attached hydrogens (tertiary/aromatic N) is 2. The molecule has 1 saturated heterocycles. The zero-order valence-electron chi connectivity index (χ0n) is 19.4. The number of anilines is 1. The van der Waals surface area contributed by atoms with Crippen molar-refractivity contribution in [2.24, 2.45) is 5.92 Å². The fraction of sp³-hybridized carbons (Fsp3) is 0.346. The van der Waals surface area contributed by atoms with Crippen molar-refractivity contribution in [1.82, 2.24) is 20.3 Å². The first-order valence-electron chi connectivity index (χ1n) is 12.0. The fourth-order valence-corrected chi connectivity index (χ4v) is 5.47. The number of hydrogen-bond acceptors (Lipinski definition) is 6. The molecule has 1 amide bonds. The molecule has 1 aromatic carbocycles. The summed E-state index contributed by atoms with van der Waals surface area (Å²) in [6, 6.07) is 9.51. The minimum absolute atomic E-state index is 0.118. The average molecular weight is 510 g/mol. The molecular weight excluding hydrogens is 482 g/mol. The number of hydrogen-bond donors (Lipinski definition) is 3. The average Bonchev–Trinajstić information content (AvgIpc) is 3.50. The van der Waals surface area contributed by atoms with Gasteiger partial charge >= 0.3 is 0 Å². The van der Waals surface area contributed by atoms with Crippen molar-refractivity contribution in [3.63, 3.8) is 0 Å². The van der Waals surface area contributed by atoms with Gasteiger partial charge in [-0.3, -0.25) is 4.79 Å². The van der Waals surface area contributed by atoms with Gasteiger partial charge in [-0.1, -0.05) is 23.7 Å². The van der Waals surface area contributed by atoms with E-state index < -0.39 is 0 Å². The predicted molar refractivity (Wildman–Crippen MR) is 141 cm³/mol. The Morgan fingerprint density at radius 1 is 1.26 bits per heavy atom. The lowest BCUT2D eigenvalue weighted by Gasteiger charge is -2.22. The van der Waals surface area contributed by atoms with Crippen LogP contribution in [0.5, 0.6) is 5.75 Å². The second-order valence-electron chi connectivity index (χ2n) is 8.81. The molecule has 0 unspecified atom stereocenters. The summed E-state index contributed by atoms with van der Waals surface area (Å²) in [6.45, 7) is 2.97. The first-order chi connectivity index (χ1) is 17.2. The van der Waals surface area contributed by atoms with Crippen LogP contribution in [0.1, 0.15) is 31.2 Å². The van der Waals surface area contributed by atoms with E-state index in [1.54, 1.807) is 12.3 Å². The molecular formula is C26H28ClN5O2S. The van der Waals surface area contributed by atoms with Gasteiger partial charge in [0.25, 0.3) is 0 Å². The van der Waals surface area contributed by atoms with Crippen LogP contribution in [0.15, 0.2) is 48.1 Å². The summed E-state index contributed by atoms with van der Waals surface area (Å²) in [5.74, 6) is 1.50. The van der Waals surface area contributed by atoms with Crippen LogP contribution in [0.25, 0.3) is 22.3 Å². The van der Waals surface area contributed by atoms with E-state index in [1.807, 2.05) is 35.8 Å². The van der Waals surface area contributed by atoms with Crippen molar-refractivity contribution in [2.75, 3.05) is 25.0 Å². The molecule has 3 aromatic heterocycles. The van der Waals surface area contributed by atoms with E-state index in [1.165, 1.54) is 30.6 Å². The van der Waals surface area contributed by atoms with E-state index >= 15 is 0 Å². The van der Waals surface area contributed by atoms with Crippen molar-refractivity contribution in [3.05, 3.63) is 58.7 Å². The normalized spacial score (nSPS) is 14.3. The van der Waals surface area contributed by atoms with Crippen LogP contribution in [0.4, 0.5) is 5.13 Å². The molecule has 0 bridgehead atoms. The Balaban J connectivity index is 1.14. The molecule has 5 rings (SSSR count). The second kappa shape index (κ2) is 11.2. The van der Waals surface area contributed by atoms with Gasteiger partial charge in [0.05, 0.1) is 23.7 Å². The largest absolute Gasteiger partial charge is 0.494 e. The molecule has 1 aliphatic rings. The number of halogens is 1. The van der Waals surface area contributed by atoms with Crippen LogP contribution >= 0.6 is 22.9 Å². The molecule has 0 saturated carbocycles. The number of aromatic nitrogens is 3. The lowest BCUT2D eigenvalue weighted by molar-refractivity contribution is -0.115. The van der Waals surface area contributed by atoms with Gasteiger partial charge in [-0.05, 0) is 68.5 Å². The Kier molecular flexibility index (Phi) is 7.61. The highest BCUT2D eigenvalue weighted by Crippen LogP contribution is 2.34. The number of nitrogens with one attached hydrogen (secondary N) is 3. The van der Waals surface area contributed by atoms with E-state index in [-0.39, 0.29) is 12.3 Å². The molecule has 182 valence electrons. The molecule has 0 atom stereocenters. The Morgan fingerprint density at radius 2 is 2.14 bits per heavy atom. The van der Waals surface area contributed by atoms with Crippen molar-refractivity contribution in [2.45, 2.75) is 32.1 Å². The number of H-pyrrole nitrogens is 1. The fourth-order valence-electron chi connectivity index (χ4n) is 4.50. The lowest BCUT2D eigenvalue weighted by Crippen LogP contribution is -2.27. The van der Waals surface area contributed by atoms with Crippen molar-refractivity contribution in [1.29, 1.82) is 0 Å². The Bertz CT molecular complexity index is 1300. The van der Waals surface area contributed by atoms with Crippen molar-refractivity contribution >= 4 is 45.0 Å². The highest BCUT2D eigenvalue weighted by Gasteiger charge is 2.15. The SMILES string of the molecule is O=C(Cc1cccc(OCCCC2CCNCC2)c1)Nc1nc(-c2c[nH]c3nccc(Cl)c23)cs1. The minimum Gasteiger partial charge on any atom is -0.494 e. The molecule has 1 aliphatic heterocycles.